The Hall–Kier alpha value is -6.38. The highest BCUT2D eigenvalue weighted by Gasteiger charge is 2.43. The van der Waals surface area contributed by atoms with Crippen LogP contribution >= 0.6 is 0 Å². The summed E-state index contributed by atoms with van der Waals surface area (Å²) in [6.07, 6.45) is 4.36. The van der Waals surface area contributed by atoms with Crippen molar-refractivity contribution in [2.75, 3.05) is 27.4 Å². The van der Waals surface area contributed by atoms with Gasteiger partial charge in [-0.1, -0.05) is 76.9 Å². The Bertz CT molecular complexity index is 2470. The van der Waals surface area contributed by atoms with Crippen LogP contribution in [0.2, 0.25) is 0 Å². The SMILES string of the molecule is COC(=O)NC(C(=O)NC1(c2nc3c([nH]2)CCOc2cc(-c4ccc(-c5ccc6nc([C@@H]7CCCN7C(=O)[C@@H](NC(=O)OC)C(C)C)[nH]c6c5)cc4)ccc2-3)CCCC1)C(C)C. The van der Waals surface area contributed by atoms with E-state index in [1.807, 2.05) is 38.7 Å². The standard InChI is InChI=1S/C47H56N8O7/c1-26(2)38(52-45(58)60-5)42(56)54-47(20-7-8-21-47)44-50-34-19-23-62-37-25-31(15-17-32(37)40(34)51-44)29-13-11-28(12-14-29)30-16-18-33-35(24-30)49-41(48-33)36-10-9-22-55(36)43(57)39(27(3)4)53-46(59)61-6/h11-18,24-27,36,38-39H,7-10,19-23H2,1-6H3,(H,48,49)(H,50,51)(H,52,58)(H,53,59)(H,54,56)/t36-,38?,39-/m0/s1. The van der Waals surface area contributed by atoms with E-state index in [0.29, 0.717) is 19.6 Å². The van der Waals surface area contributed by atoms with Gasteiger partial charge in [0, 0.05) is 24.2 Å². The van der Waals surface area contributed by atoms with Gasteiger partial charge in [-0.25, -0.2) is 19.6 Å². The van der Waals surface area contributed by atoms with Gasteiger partial charge in [-0.15, -0.1) is 0 Å². The zero-order valence-electron chi connectivity index (χ0n) is 36.2. The largest absolute Gasteiger partial charge is 0.492 e. The lowest BCUT2D eigenvalue weighted by molar-refractivity contribution is -0.135. The van der Waals surface area contributed by atoms with E-state index < -0.39 is 29.8 Å². The zero-order chi connectivity index (χ0) is 43.7. The lowest BCUT2D eigenvalue weighted by atomic mass is 9.94. The number of ether oxygens (including phenoxy) is 3. The lowest BCUT2D eigenvalue weighted by Crippen LogP contribution is -2.55. The Kier molecular flexibility index (Phi) is 12.0. The number of hydrogen-bond donors (Lipinski definition) is 5. The van der Waals surface area contributed by atoms with Crippen molar-refractivity contribution >= 4 is 35.0 Å². The molecule has 8 rings (SSSR count). The molecule has 15 heteroatoms. The van der Waals surface area contributed by atoms with Crippen LogP contribution in [0.5, 0.6) is 5.75 Å². The molecule has 1 saturated heterocycles. The van der Waals surface area contributed by atoms with Gasteiger partial charge in [0.15, 0.2) is 0 Å². The summed E-state index contributed by atoms with van der Waals surface area (Å²) in [5.74, 6) is 1.55. The Morgan fingerprint density at radius 2 is 1.42 bits per heavy atom. The molecule has 1 unspecified atom stereocenters. The van der Waals surface area contributed by atoms with Crippen LogP contribution in [0.15, 0.2) is 60.7 Å². The number of nitrogens with one attached hydrogen (secondary N) is 5. The summed E-state index contributed by atoms with van der Waals surface area (Å²) in [5, 5.41) is 8.69. The minimum absolute atomic E-state index is 0.112. The van der Waals surface area contributed by atoms with Gasteiger partial charge in [-0.05, 0) is 84.0 Å². The minimum Gasteiger partial charge on any atom is -0.492 e. The van der Waals surface area contributed by atoms with Crippen LogP contribution in [0.1, 0.15) is 89.6 Å². The fourth-order valence-electron chi connectivity index (χ4n) is 9.17. The number of carbonyl (C=O) groups is 4. The number of alkyl carbamates (subject to hydrolysis) is 2. The summed E-state index contributed by atoms with van der Waals surface area (Å²) >= 11 is 0. The summed E-state index contributed by atoms with van der Waals surface area (Å²) in [7, 11) is 2.58. The van der Waals surface area contributed by atoms with Gasteiger partial charge < -0.3 is 45.0 Å². The summed E-state index contributed by atoms with van der Waals surface area (Å²) in [5.41, 5.74) is 7.83. The molecule has 3 aromatic carbocycles. The molecule has 0 radical (unpaired) electrons. The van der Waals surface area contributed by atoms with Gasteiger partial charge in [0.25, 0.3) is 0 Å². The van der Waals surface area contributed by atoms with Gasteiger partial charge in [-0.2, -0.15) is 0 Å². The third-order valence-electron chi connectivity index (χ3n) is 12.6. The molecule has 5 aromatic rings. The summed E-state index contributed by atoms with van der Waals surface area (Å²) in [6, 6.07) is 19.1. The van der Waals surface area contributed by atoms with Crippen LogP contribution in [-0.4, -0.2) is 88.3 Å². The molecular weight excluding hydrogens is 789 g/mol. The predicted octanol–water partition coefficient (Wildman–Crippen LogP) is 7.53. The molecule has 4 amide bonds. The number of imidazole rings is 2. The summed E-state index contributed by atoms with van der Waals surface area (Å²) in [4.78, 5) is 70.4. The van der Waals surface area contributed by atoms with Crippen molar-refractivity contribution in [1.82, 2.24) is 40.8 Å². The Labute approximate surface area is 361 Å². The van der Waals surface area contributed by atoms with Crippen molar-refractivity contribution in [3.63, 3.8) is 0 Å². The second kappa shape index (κ2) is 17.5. The fraction of sp³-hybridized carbons (Fsp3) is 0.447. The van der Waals surface area contributed by atoms with E-state index in [1.54, 1.807) is 0 Å². The number of carbonyl (C=O) groups excluding carboxylic acids is 4. The number of fused-ring (bicyclic) bond motifs is 4. The monoisotopic (exact) mass is 844 g/mol. The summed E-state index contributed by atoms with van der Waals surface area (Å²) < 4.78 is 15.9. The van der Waals surface area contributed by atoms with Gasteiger partial charge in [0.2, 0.25) is 11.8 Å². The van der Waals surface area contributed by atoms with Crippen molar-refractivity contribution in [2.24, 2.45) is 11.8 Å². The molecule has 1 saturated carbocycles. The van der Waals surface area contributed by atoms with Crippen LogP contribution in [0.4, 0.5) is 9.59 Å². The molecule has 326 valence electrons. The number of hydrogen-bond acceptors (Lipinski definition) is 9. The normalized spacial score (nSPS) is 17.7. The number of methoxy groups -OCH3 is 2. The number of amides is 4. The van der Waals surface area contributed by atoms with E-state index in [9.17, 15) is 19.2 Å². The Morgan fingerprint density at radius 1 is 0.790 bits per heavy atom. The van der Waals surface area contributed by atoms with Gasteiger partial charge in [0.1, 0.15) is 29.5 Å². The maximum absolute atomic E-state index is 13.7. The lowest BCUT2D eigenvalue weighted by Gasteiger charge is -2.31. The number of benzene rings is 3. The summed E-state index contributed by atoms with van der Waals surface area (Å²) in [6.45, 7) is 8.66. The number of rotatable bonds is 11. The minimum atomic E-state index is -0.751. The number of aromatic nitrogens is 4. The van der Waals surface area contributed by atoms with Crippen molar-refractivity contribution in [3.05, 3.63) is 78.0 Å². The smallest absolute Gasteiger partial charge is 0.407 e. The van der Waals surface area contributed by atoms with E-state index in [1.165, 1.54) is 14.2 Å². The number of H-pyrrole nitrogens is 2. The maximum Gasteiger partial charge on any atom is 0.407 e. The average Bonchev–Trinajstić information content (AvgIpc) is 4.10. The first-order valence-electron chi connectivity index (χ1n) is 21.7. The van der Waals surface area contributed by atoms with E-state index in [4.69, 9.17) is 24.2 Å². The number of likely N-dealkylation sites (tertiary alicyclic amines) is 1. The topological polar surface area (TPSA) is 193 Å². The zero-order valence-corrected chi connectivity index (χ0v) is 36.2. The quantitative estimate of drug-likeness (QED) is 0.0894. The molecule has 3 atom stereocenters. The van der Waals surface area contributed by atoms with Crippen LogP contribution in [-0.2, 0) is 31.0 Å². The van der Waals surface area contributed by atoms with E-state index >= 15 is 0 Å². The molecule has 0 spiro atoms. The van der Waals surface area contributed by atoms with Gasteiger partial charge in [0.05, 0.1) is 49.1 Å². The average molecular weight is 845 g/mol. The first kappa shape index (κ1) is 42.3. The Balaban J connectivity index is 0.994. The molecule has 2 aromatic heterocycles. The number of nitrogens with zero attached hydrogens (tertiary/aromatic N) is 3. The highest BCUT2D eigenvalue weighted by atomic mass is 16.5. The first-order valence-corrected chi connectivity index (χ1v) is 21.7. The molecular formula is C47H56N8O7. The van der Waals surface area contributed by atoms with Crippen LogP contribution in [0.25, 0.3) is 44.5 Å². The third kappa shape index (κ3) is 8.32. The van der Waals surface area contributed by atoms with Crippen LogP contribution in [0.3, 0.4) is 0 Å². The molecule has 0 bridgehead atoms. The van der Waals surface area contributed by atoms with Crippen molar-refractivity contribution in [3.8, 4) is 39.3 Å². The van der Waals surface area contributed by atoms with Crippen LogP contribution < -0.4 is 20.7 Å². The third-order valence-corrected chi connectivity index (χ3v) is 12.6. The van der Waals surface area contributed by atoms with E-state index in [2.05, 4.69) is 80.5 Å². The van der Waals surface area contributed by atoms with Gasteiger partial charge in [-0.3, -0.25) is 9.59 Å². The predicted molar refractivity (Wildman–Crippen MR) is 234 cm³/mol. The first-order chi connectivity index (χ1) is 29.9. The Morgan fingerprint density at radius 3 is 2.08 bits per heavy atom. The highest BCUT2D eigenvalue weighted by molar-refractivity contribution is 5.88. The molecule has 15 nitrogen and oxygen atoms in total. The second-order valence-electron chi connectivity index (χ2n) is 17.3. The maximum atomic E-state index is 13.7. The highest BCUT2D eigenvalue weighted by Crippen LogP contribution is 2.43. The molecule has 62 heavy (non-hydrogen) atoms. The van der Waals surface area contributed by atoms with E-state index in [0.717, 1.165) is 106 Å². The van der Waals surface area contributed by atoms with Crippen molar-refractivity contribution < 1.29 is 33.4 Å². The molecule has 4 heterocycles. The van der Waals surface area contributed by atoms with E-state index in [-0.39, 0.29) is 29.7 Å². The molecule has 2 fully saturated rings. The molecule has 5 N–H and O–H groups in total. The van der Waals surface area contributed by atoms with Crippen molar-refractivity contribution in [2.45, 2.75) is 96.3 Å². The van der Waals surface area contributed by atoms with Crippen LogP contribution in [0, 0.1) is 11.8 Å². The fourth-order valence-corrected chi connectivity index (χ4v) is 9.17. The van der Waals surface area contributed by atoms with Crippen molar-refractivity contribution in [1.29, 1.82) is 0 Å². The molecule has 1 aliphatic carbocycles. The molecule has 2 aliphatic heterocycles. The second-order valence-corrected chi connectivity index (χ2v) is 17.3. The number of aromatic amines is 2. The van der Waals surface area contributed by atoms with Gasteiger partial charge >= 0.3 is 12.2 Å². The molecule has 3 aliphatic rings.